The lowest BCUT2D eigenvalue weighted by Gasteiger charge is -2.15. The first kappa shape index (κ1) is 20.3. The molecule has 2 aromatic rings. The van der Waals surface area contributed by atoms with E-state index in [-0.39, 0.29) is 24.0 Å². The molecule has 0 aliphatic heterocycles. The molecule has 144 valence electrons. The van der Waals surface area contributed by atoms with Crippen LogP contribution < -0.4 is 9.47 Å². The van der Waals surface area contributed by atoms with Crippen LogP contribution in [-0.2, 0) is 11.3 Å². The van der Waals surface area contributed by atoms with Gasteiger partial charge in [-0.25, -0.2) is 4.39 Å². The van der Waals surface area contributed by atoms with E-state index in [4.69, 9.17) is 4.74 Å². The smallest absolute Gasteiger partial charge is 0.494 e. The largest absolute Gasteiger partial charge is 0.573 e. The predicted octanol–water partition coefficient (Wildman–Crippen LogP) is 4.40. The van der Waals surface area contributed by atoms with Gasteiger partial charge in [-0.05, 0) is 41.5 Å². The highest BCUT2D eigenvalue weighted by atomic mass is 19.4. The summed E-state index contributed by atoms with van der Waals surface area (Å²) >= 11 is 0. The number of hydrogen-bond donors (Lipinski definition) is 0. The number of nitrogens with zero attached hydrogens (tertiary/aromatic N) is 1. The summed E-state index contributed by atoms with van der Waals surface area (Å²) in [7, 11) is 2.91. The lowest BCUT2D eigenvalue weighted by molar-refractivity contribution is -0.274. The van der Waals surface area contributed by atoms with E-state index in [0.717, 1.165) is 12.1 Å². The third-order valence-electron chi connectivity index (χ3n) is 3.54. The minimum absolute atomic E-state index is 0.116. The van der Waals surface area contributed by atoms with Gasteiger partial charge < -0.3 is 14.4 Å². The molecule has 0 aliphatic rings. The van der Waals surface area contributed by atoms with Crippen LogP contribution in [0, 0.1) is 5.82 Å². The second-order valence-corrected chi connectivity index (χ2v) is 5.61. The zero-order valence-corrected chi connectivity index (χ0v) is 14.6. The number of halogens is 4. The molecule has 0 spiro atoms. The van der Waals surface area contributed by atoms with Crippen molar-refractivity contribution < 1.29 is 31.8 Å². The summed E-state index contributed by atoms with van der Waals surface area (Å²) in [4.78, 5) is 13.5. The highest BCUT2D eigenvalue weighted by molar-refractivity contribution is 5.91. The number of methoxy groups -OCH3 is 1. The van der Waals surface area contributed by atoms with Crippen LogP contribution in [0.5, 0.6) is 11.5 Å². The Hall–Kier alpha value is -3.03. The first-order valence-electron chi connectivity index (χ1n) is 7.79. The van der Waals surface area contributed by atoms with Crippen molar-refractivity contribution in [3.8, 4) is 11.5 Å². The summed E-state index contributed by atoms with van der Waals surface area (Å²) in [6.45, 7) is 0.183. The third-order valence-corrected chi connectivity index (χ3v) is 3.54. The van der Waals surface area contributed by atoms with Crippen molar-refractivity contribution in [1.82, 2.24) is 4.90 Å². The van der Waals surface area contributed by atoms with Gasteiger partial charge in [0.15, 0.2) is 11.6 Å². The van der Waals surface area contributed by atoms with Gasteiger partial charge in [0.25, 0.3) is 0 Å². The van der Waals surface area contributed by atoms with Crippen LogP contribution in [-0.4, -0.2) is 31.3 Å². The predicted molar refractivity (Wildman–Crippen MR) is 91.6 cm³/mol. The minimum atomic E-state index is -4.75. The van der Waals surface area contributed by atoms with Crippen molar-refractivity contribution in [3.63, 3.8) is 0 Å². The fourth-order valence-corrected chi connectivity index (χ4v) is 2.24. The van der Waals surface area contributed by atoms with Crippen molar-refractivity contribution in [1.29, 1.82) is 0 Å². The maximum absolute atomic E-state index is 13.7. The number of alkyl halides is 3. The molecule has 0 saturated heterocycles. The van der Waals surface area contributed by atoms with Crippen LogP contribution in [0.1, 0.15) is 11.1 Å². The maximum atomic E-state index is 13.7. The quantitative estimate of drug-likeness (QED) is 0.548. The van der Waals surface area contributed by atoms with Crippen LogP contribution in [0.15, 0.2) is 48.5 Å². The Kier molecular flexibility index (Phi) is 6.44. The van der Waals surface area contributed by atoms with E-state index in [1.165, 1.54) is 48.4 Å². The van der Waals surface area contributed by atoms with E-state index >= 15 is 0 Å². The summed E-state index contributed by atoms with van der Waals surface area (Å²) in [5.41, 5.74) is 1.12. The summed E-state index contributed by atoms with van der Waals surface area (Å²) in [6, 6.07) is 9.50. The van der Waals surface area contributed by atoms with Gasteiger partial charge in [0, 0.05) is 19.7 Å². The highest BCUT2D eigenvalue weighted by Gasteiger charge is 2.30. The SMILES string of the molecule is COc1ccc(CN(C)C(=O)/C=C/c2ccc(OC(F)(F)F)cc2)cc1F. The third kappa shape index (κ3) is 6.32. The molecule has 0 fully saturated rings. The monoisotopic (exact) mass is 383 g/mol. The van der Waals surface area contributed by atoms with Gasteiger partial charge in [0.1, 0.15) is 5.75 Å². The Morgan fingerprint density at radius 3 is 2.37 bits per heavy atom. The van der Waals surface area contributed by atoms with Crippen LogP contribution in [0.25, 0.3) is 6.08 Å². The van der Waals surface area contributed by atoms with Gasteiger partial charge in [-0.3, -0.25) is 4.79 Å². The van der Waals surface area contributed by atoms with Gasteiger partial charge >= 0.3 is 6.36 Å². The summed E-state index contributed by atoms with van der Waals surface area (Å²) in [6.07, 6.45) is -2.01. The van der Waals surface area contributed by atoms with Gasteiger partial charge in [-0.15, -0.1) is 13.2 Å². The van der Waals surface area contributed by atoms with Gasteiger partial charge in [0.05, 0.1) is 7.11 Å². The lowest BCUT2D eigenvalue weighted by Crippen LogP contribution is -2.24. The topological polar surface area (TPSA) is 38.8 Å². The van der Waals surface area contributed by atoms with E-state index in [0.29, 0.717) is 11.1 Å². The second-order valence-electron chi connectivity index (χ2n) is 5.61. The van der Waals surface area contributed by atoms with Crippen molar-refractivity contribution in [2.75, 3.05) is 14.2 Å². The zero-order chi connectivity index (χ0) is 20.0. The van der Waals surface area contributed by atoms with Gasteiger partial charge in [-0.2, -0.15) is 0 Å². The lowest BCUT2D eigenvalue weighted by atomic mass is 10.2. The molecule has 0 bridgehead atoms. The average molecular weight is 383 g/mol. The normalized spacial score (nSPS) is 11.5. The molecule has 2 rings (SSSR count). The number of rotatable bonds is 6. The standard InChI is InChI=1S/C19H17F4NO3/c1-24(12-14-5-9-17(26-2)16(20)11-14)18(25)10-6-13-3-7-15(8-4-13)27-19(21,22)23/h3-11H,12H2,1-2H3/b10-6+. The van der Waals surface area contributed by atoms with E-state index in [1.54, 1.807) is 13.1 Å². The molecule has 0 aromatic heterocycles. The van der Waals surface area contributed by atoms with E-state index in [9.17, 15) is 22.4 Å². The summed E-state index contributed by atoms with van der Waals surface area (Å²) < 4.78 is 58.6. The molecule has 0 unspecified atom stereocenters. The molecule has 8 heteroatoms. The fourth-order valence-electron chi connectivity index (χ4n) is 2.24. The second kappa shape index (κ2) is 8.57. The van der Waals surface area contributed by atoms with E-state index in [1.807, 2.05) is 0 Å². The highest BCUT2D eigenvalue weighted by Crippen LogP contribution is 2.23. The molecule has 0 atom stereocenters. The maximum Gasteiger partial charge on any atom is 0.573 e. The Morgan fingerprint density at radius 1 is 1.15 bits per heavy atom. The number of hydrogen-bond acceptors (Lipinski definition) is 3. The number of amides is 1. The Balaban J connectivity index is 1.96. The Morgan fingerprint density at radius 2 is 1.81 bits per heavy atom. The molecular formula is C19H17F4NO3. The number of carbonyl (C=O) groups excluding carboxylic acids is 1. The van der Waals surface area contributed by atoms with E-state index in [2.05, 4.69) is 4.74 Å². The van der Waals surface area contributed by atoms with Crippen molar-refractivity contribution in [2.24, 2.45) is 0 Å². The van der Waals surface area contributed by atoms with E-state index < -0.39 is 12.2 Å². The molecule has 2 aromatic carbocycles. The number of carbonyl (C=O) groups is 1. The zero-order valence-electron chi connectivity index (χ0n) is 14.6. The molecule has 0 heterocycles. The molecule has 0 radical (unpaired) electrons. The molecule has 4 nitrogen and oxygen atoms in total. The van der Waals surface area contributed by atoms with Crippen molar-refractivity contribution >= 4 is 12.0 Å². The summed E-state index contributed by atoms with van der Waals surface area (Å²) in [5, 5.41) is 0. The number of benzene rings is 2. The minimum Gasteiger partial charge on any atom is -0.494 e. The van der Waals surface area contributed by atoms with Gasteiger partial charge in [0.2, 0.25) is 5.91 Å². The van der Waals surface area contributed by atoms with Gasteiger partial charge in [-0.1, -0.05) is 18.2 Å². The van der Waals surface area contributed by atoms with Crippen molar-refractivity contribution in [2.45, 2.75) is 12.9 Å². The fraction of sp³-hybridized carbons (Fsp3) is 0.211. The van der Waals surface area contributed by atoms with Crippen LogP contribution in [0.4, 0.5) is 17.6 Å². The Labute approximate surface area is 153 Å². The molecular weight excluding hydrogens is 366 g/mol. The van der Waals surface area contributed by atoms with Crippen molar-refractivity contribution in [3.05, 3.63) is 65.5 Å². The summed E-state index contributed by atoms with van der Waals surface area (Å²) in [5.74, 6) is -1.09. The molecule has 0 saturated carbocycles. The first-order valence-corrected chi connectivity index (χ1v) is 7.79. The number of ether oxygens (including phenoxy) is 2. The number of likely N-dealkylation sites (N-methyl/N-ethyl adjacent to an activating group) is 1. The molecule has 0 N–H and O–H groups in total. The van der Waals surface area contributed by atoms with Crippen LogP contribution >= 0.6 is 0 Å². The first-order chi connectivity index (χ1) is 12.7. The molecule has 0 aliphatic carbocycles. The Bertz CT molecular complexity index is 817. The average Bonchev–Trinajstić information content (AvgIpc) is 2.59. The van der Waals surface area contributed by atoms with Crippen LogP contribution in [0.2, 0.25) is 0 Å². The molecule has 27 heavy (non-hydrogen) atoms. The van der Waals surface area contributed by atoms with Crippen LogP contribution in [0.3, 0.4) is 0 Å². The molecule has 1 amide bonds.